The van der Waals surface area contributed by atoms with E-state index < -0.39 is 5.97 Å². The molecule has 6 heteroatoms. The topological polar surface area (TPSA) is 86.7 Å². The highest BCUT2D eigenvalue weighted by molar-refractivity contribution is 5.97. The van der Waals surface area contributed by atoms with Gasteiger partial charge in [0, 0.05) is 30.3 Å². The second-order valence-corrected chi connectivity index (χ2v) is 7.83. The summed E-state index contributed by atoms with van der Waals surface area (Å²) in [6.45, 7) is 0.910. The molecule has 2 N–H and O–H groups in total. The van der Waals surface area contributed by atoms with Crippen LogP contribution in [0.2, 0.25) is 0 Å². The Hall–Kier alpha value is -3.15. The van der Waals surface area contributed by atoms with E-state index in [4.69, 9.17) is 5.11 Å². The number of benzene rings is 2. The third-order valence-corrected chi connectivity index (χ3v) is 5.89. The molecule has 1 aliphatic heterocycles. The minimum Gasteiger partial charge on any atom is -0.481 e. The standard InChI is InChI=1S/C23H24N2O4/c26-21(20-14-19(20)15-4-2-1-3-5-15)24-18-8-6-16(7-9-18)22(27)25-12-10-17(11-13-25)23(28)29/h1-9,17,19-20H,10-14H2,(H,24,26)(H,28,29)/t19-,20+/m0/s1. The van der Waals surface area contributed by atoms with Gasteiger partial charge >= 0.3 is 5.97 Å². The predicted octanol–water partition coefficient (Wildman–Crippen LogP) is 3.37. The molecule has 2 fully saturated rings. The van der Waals surface area contributed by atoms with Gasteiger partial charge in [0.2, 0.25) is 5.91 Å². The van der Waals surface area contributed by atoms with Gasteiger partial charge < -0.3 is 15.3 Å². The number of nitrogens with one attached hydrogen (secondary N) is 1. The molecule has 1 saturated carbocycles. The lowest BCUT2D eigenvalue weighted by Crippen LogP contribution is -2.40. The molecule has 0 bridgehead atoms. The van der Waals surface area contributed by atoms with E-state index >= 15 is 0 Å². The van der Waals surface area contributed by atoms with Gasteiger partial charge in [0.05, 0.1) is 5.92 Å². The lowest BCUT2D eigenvalue weighted by molar-refractivity contribution is -0.143. The van der Waals surface area contributed by atoms with Crippen LogP contribution in [0.5, 0.6) is 0 Å². The average Bonchev–Trinajstić information content (AvgIpc) is 3.56. The van der Waals surface area contributed by atoms with Gasteiger partial charge in [-0.1, -0.05) is 30.3 Å². The van der Waals surface area contributed by atoms with Gasteiger partial charge in [-0.15, -0.1) is 0 Å². The van der Waals surface area contributed by atoms with E-state index in [0.29, 0.717) is 37.2 Å². The molecule has 0 unspecified atom stereocenters. The SMILES string of the molecule is O=C(O)C1CCN(C(=O)c2ccc(NC(=O)[C@@H]3C[C@H]3c3ccccc3)cc2)CC1. The van der Waals surface area contributed by atoms with Gasteiger partial charge in [-0.05, 0) is 55.0 Å². The Kier molecular flexibility index (Phi) is 5.34. The van der Waals surface area contributed by atoms with Crippen molar-refractivity contribution in [3.8, 4) is 0 Å². The lowest BCUT2D eigenvalue weighted by Gasteiger charge is -2.30. The van der Waals surface area contributed by atoms with Crippen molar-refractivity contribution in [1.29, 1.82) is 0 Å². The van der Waals surface area contributed by atoms with Crippen molar-refractivity contribution in [2.24, 2.45) is 11.8 Å². The molecule has 2 aromatic rings. The molecule has 150 valence electrons. The number of hydrogen-bond donors (Lipinski definition) is 2. The molecule has 0 radical (unpaired) electrons. The van der Waals surface area contributed by atoms with Crippen molar-refractivity contribution in [2.75, 3.05) is 18.4 Å². The molecule has 1 heterocycles. The molecule has 2 aromatic carbocycles. The zero-order valence-electron chi connectivity index (χ0n) is 16.1. The molecule has 0 aromatic heterocycles. The van der Waals surface area contributed by atoms with E-state index in [1.54, 1.807) is 29.2 Å². The van der Waals surface area contributed by atoms with Crippen molar-refractivity contribution < 1.29 is 19.5 Å². The summed E-state index contributed by atoms with van der Waals surface area (Å²) in [6, 6.07) is 17.0. The van der Waals surface area contributed by atoms with Gasteiger partial charge in [0.1, 0.15) is 0 Å². The first-order valence-electron chi connectivity index (χ1n) is 10.0. The summed E-state index contributed by atoms with van der Waals surface area (Å²) in [5, 5.41) is 12.0. The number of likely N-dealkylation sites (tertiary alicyclic amines) is 1. The first-order chi connectivity index (χ1) is 14.0. The molecule has 4 rings (SSSR count). The van der Waals surface area contributed by atoms with Crippen LogP contribution in [0.1, 0.15) is 41.1 Å². The number of piperidine rings is 1. The normalized spacial score (nSPS) is 21.4. The Morgan fingerprint density at radius 2 is 1.59 bits per heavy atom. The zero-order chi connectivity index (χ0) is 20.4. The van der Waals surface area contributed by atoms with Crippen LogP contribution < -0.4 is 5.32 Å². The van der Waals surface area contributed by atoms with Crippen molar-refractivity contribution in [2.45, 2.75) is 25.2 Å². The monoisotopic (exact) mass is 392 g/mol. The predicted molar refractivity (Wildman–Crippen MR) is 109 cm³/mol. The van der Waals surface area contributed by atoms with E-state index in [2.05, 4.69) is 17.4 Å². The number of carbonyl (C=O) groups excluding carboxylic acids is 2. The van der Waals surface area contributed by atoms with Gasteiger partial charge in [-0.3, -0.25) is 14.4 Å². The fourth-order valence-corrected chi connectivity index (χ4v) is 4.00. The highest BCUT2D eigenvalue weighted by atomic mass is 16.4. The molecule has 2 atom stereocenters. The molecule has 1 saturated heterocycles. The average molecular weight is 392 g/mol. The number of carboxylic acid groups (broad SMARTS) is 1. The van der Waals surface area contributed by atoms with E-state index in [-0.39, 0.29) is 29.6 Å². The summed E-state index contributed by atoms with van der Waals surface area (Å²) in [5.41, 5.74) is 2.42. The second kappa shape index (κ2) is 8.07. The number of carboxylic acids is 1. The summed E-state index contributed by atoms with van der Waals surface area (Å²) >= 11 is 0. The van der Waals surface area contributed by atoms with E-state index in [1.165, 1.54) is 5.56 Å². The van der Waals surface area contributed by atoms with Crippen molar-refractivity contribution in [3.05, 3.63) is 65.7 Å². The van der Waals surface area contributed by atoms with Crippen molar-refractivity contribution in [3.63, 3.8) is 0 Å². The first-order valence-corrected chi connectivity index (χ1v) is 10.0. The number of carbonyl (C=O) groups is 3. The summed E-state index contributed by atoms with van der Waals surface area (Å²) < 4.78 is 0. The summed E-state index contributed by atoms with van der Waals surface area (Å²) in [5.74, 6) is -0.965. The van der Waals surface area contributed by atoms with Gasteiger partial charge in [-0.2, -0.15) is 0 Å². The largest absolute Gasteiger partial charge is 0.481 e. The van der Waals surface area contributed by atoms with Gasteiger partial charge in [0.15, 0.2) is 0 Å². The Labute approximate surface area is 169 Å². The smallest absolute Gasteiger partial charge is 0.306 e. The molecular weight excluding hydrogens is 368 g/mol. The Bertz CT molecular complexity index is 902. The quantitative estimate of drug-likeness (QED) is 0.817. The van der Waals surface area contributed by atoms with Gasteiger partial charge in [0.25, 0.3) is 5.91 Å². The number of amides is 2. The number of aliphatic carboxylic acids is 1. The maximum atomic E-state index is 12.6. The Morgan fingerprint density at radius 3 is 2.21 bits per heavy atom. The number of rotatable bonds is 5. The zero-order valence-corrected chi connectivity index (χ0v) is 16.1. The second-order valence-electron chi connectivity index (χ2n) is 7.83. The van der Waals surface area contributed by atoms with Crippen LogP contribution in [0, 0.1) is 11.8 Å². The third-order valence-electron chi connectivity index (χ3n) is 5.89. The molecule has 29 heavy (non-hydrogen) atoms. The Morgan fingerprint density at radius 1 is 0.931 bits per heavy atom. The van der Waals surface area contributed by atoms with Crippen LogP contribution in [0.3, 0.4) is 0 Å². The van der Waals surface area contributed by atoms with Crippen molar-refractivity contribution >= 4 is 23.5 Å². The summed E-state index contributed by atoms with van der Waals surface area (Å²) in [4.78, 5) is 37.8. The summed E-state index contributed by atoms with van der Waals surface area (Å²) in [7, 11) is 0. The Balaban J connectivity index is 1.31. The van der Waals surface area contributed by atoms with Crippen LogP contribution in [-0.4, -0.2) is 40.9 Å². The maximum absolute atomic E-state index is 12.6. The third kappa shape index (κ3) is 4.31. The minimum atomic E-state index is -0.789. The van der Waals surface area contributed by atoms with Crippen LogP contribution in [-0.2, 0) is 9.59 Å². The fourth-order valence-electron chi connectivity index (χ4n) is 4.00. The van der Waals surface area contributed by atoms with E-state index in [9.17, 15) is 14.4 Å². The van der Waals surface area contributed by atoms with Gasteiger partial charge in [-0.25, -0.2) is 0 Å². The number of anilines is 1. The number of nitrogens with zero attached hydrogens (tertiary/aromatic N) is 1. The first kappa shape index (κ1) is 19.2. The summed E-state index contributed by atoms with van der Waals surface area (Å²) in [6.07, 6.45) is 1.83. The van der Waals surface area contributed by atoms with Crippen LogP contribution in [0.25, 0.3) is 0 Å². The van der Waals surface area contributed by atoms with Crippen LogP contribution in [0.4, 0.5) is 5.69 Å². The highest BCUT2D eigenvalue weighted by Crippen LogP contribution is 2.47. The van der Waals surface area contributed by atoms with Crippen LogP contribution in [0.15, 0.2) is 54.6 Å². The molecule has 0 spiro atoms. The van der Waals surface area contributed by atoms with Crippen molar-refractivity contribution in [1.82, 2.24) is 4.90 Å². The number of hydrogen-bond acceptors (Lipinski definition) is 3. The molecule has 6 nitrogen and oxygen atoms in total. The van der Waals surface area contributed by atoms with E-state index in [1.807, 2.05) is 18.2 Å². The minimum absolute atomic E-state index is 0.00533. The lowest BCUT2D eigenvalue weighted by atomic mass is 9.96. The molecule has 2 aliphatic rings. The van der Waals surface area contributed by atoms with Crippen LogP contribution >= 0.6 is 0 Å². The molecule has 1 aliphatic carbocycles. The fraction of sp³-hybridized carbons (Fsp3) is 0.348. The molecule has 2 amide bonds. The maximum Gasteiger partial charge on any atom is 0.306 e. The molecular formula is C23H24N2O4. The van der Waals surface area contributed by atoms with E-state index in [0.717, 1.165) is 6.42 Å². The highest BCUT2D eigenvalue weighted by Gasteiger charge is 2.43.